The molecule has 5 nitrogen and oxygen atoms in total. The van der Waals surface area contributed by atoms with Crippen LogP contribution in [0.2, 0.25) is 0 Å². The van der Waals surface area contributed by atoms with Gasteiger partial charge in [-0.1, -0.05) is 0 Å². The summed E-state index contributed by atoms with van der Waals surface area (Å²) in [7, 11) is 0. The number of ether oxygens (including phenoxy) is 1. The maximum atomic E-state index is 12.4. The maximum absolute atomic E-state index is 12.4. The van der Waals surface area contributed by atoms with Crippen LogP contribution in [-0.2, 0) is 27.0 Å². The number of alkyl halides is 3. The monoisotopic (exact) mass is 292 g/mol. The van der Waals surface area contributed by atoms with Crippen LogP contribution in [0.25, 0.3) is 0 Å². The van der Waals surface area contributed by atoms with Gasteiger partial charge in [-0.05, 0) is 20.8 Å². The summed E-state index contributed by atoms with van der Waals surface area (Å²) in [6, 6.07) is 0. The molecule has 0 spiro atoms. The number of esters is 1. The second-order valence-corrected chi connectivity index (χ2v) is 4.69. The molecule has 1 aromatic rings. The van der Waals surface area contributed by atoms with Crippen molar-refractivity contribution in [3.63, 3.8) is 0 Å². The molecule has 1 rings (SSSR count). The number of hydrogen-bond donors (Lipinski definition) is 0. The maximum Gasteiger partial charge on any atom is 0.419 e. The molecule has 0 bridgehead atoms. The summed E-state index contributed by atoms with van der Waals surface area (Å²) in [5, 5.41) is 3.47. The van der Waals surface area contributed by atoms with Crippen LogP contribution in [0, 0.1) is 5.41 Å². The van der Waals surface area contributed by atoms with Crippen LogP contribution in [0.3, 0.4) is 0 Å². The molecule has 0 atom stereocenters. The first-order valence-electron chi connectivity index (χ1n) is 5.89. The number of ketones is 1. The van der Waals surface area contributed by atoms with Crippen LogP contribution in [-0.4, -0.2) is 28.1 Å². The van der Waals surface area contributed by atoms with Gasteiger partial charge in [-0.2, -0.15) is 18.3 Å². The molecule has 0 aliphatic heterocycles. The summed E-state index contributed by atoms with van der Waals surface area (Å²) in [4.78, 5) is 23.6. The van der Waals surface area contributed by atoms with Gasteiger partial charge in [0.25, 0.3) is 0 Å². The molecule has 112 valence electrons. The second kappa shape index (κ2) is 5.64. The smallest absolute Gasteiger partial charge is 0.419 e. The van der Waals surface area contributed by atoms with E-state index in [4.69, 9.17) is 4.74 Å². The highest BCUT2D eigenvalue weighted by molar-refractivity contribution is 6.02. The van der Waals surface area contributed by atoms with Crippen LogP contribution in [0.4, 0.5) is 13.2 Å². The molecule has 0 amide bonds. The Morgan fingerprint density at radius 1 is 1.35 bits per heavy atom. The van der Waals surface area contributed by atoms with Gasteiger partial charge in [0.15, 0.2) is 5.78 Å². The predicted molar refractivity (Wildman–Crippen MR) is 62.7 cm³/mol. The van der Waals surface area contributed by atoms with E-state index >= 15 is 0 Å². The Kier molecular flexibility index (Phi) is 4.57. The number of carbonyl (C=O) groups is 2. The van der Waals surface area contributed by atoms with E-state index in [0.29, 0.717) is 6.20 Å². The molecule has 0 radical (unpaired) electrons. The zero-order valence-electron chi connectivity index (χ0n) is 11.3. The van der Waals surface area contributed by atoms with Crippen molar-refractivity contribution in [1.29, 1.82) is 0 Å². The normalized spacial score (nSPS) is 12.3. The van der Waals surface area contributed by atoms with Gasteiger partial charge in [0.05, 0.1) is 18.4 Å². The van der Waals surface area contributed by atoms with Gasteiger partial charge in [0.1, 0.15) is 12.0 Å². The summed E-state index contributed by atoms with van der Waals surface area (Å²) in [6.07, 6.45) is -3.16. The van der Waals surface area contributed by atoms with Crippen molar-refractivity contribution < 1.29 is 27.5 Å². The Morgan fingerprint density at radius 3 is 2.40 bits per heavy atom. The van der Waals surface area contributed by atoms with E-state index < -0.39 is 35.5 Å². The summed E-state index contributed by atoms with van der Waals surface area (Å²) < 4.78 is 42.8. The molecule has 0 aliphatic rings. The first-order valence-corrected chi connectivity index (χ1v) is 5.89. The fraction of sp³-hybridized carbons (Fsp3) is 0.583. The third kappa shape index (κ3) is 3.58. The fourth-order valence-electron chi connectivity index (χ4n) is 1.37. The van der Waals surface area contributed by atoms with Gasteiger partial charge in [0.2, 0.25) is 0 Å². The third-order valence-electron chi connectivity index (χ3n) is 2.75. The Morgan fingerprint density at radius 2 is 1.95 bits per heavy atom. The van der Waals surface area contributed by atoms with Crippen LogP contribution in [0.15, 0.2) is 12.4 Å². The summed E-state index contributed by atoms with van der Waals surface area (Å²) in [5.41, 5.74) is -2.38. The lowest BCUT2D eigenvalue weighted by molar-refractivity contribution is -0.158. The van der Waals surface area contributed by atoms with Gasteiger partial charge >= 0.3 is 12.1 Å². The Labute approximate surface area is 113 Å². The van der Waals surface area contributed by atoms with E-state index in [-0.39, 0.29) is 6.61 Å². The van der Waals surface area contributed by atoms with Crippen LogP contribution in [0.5, 0.6) is 0 Å². The highest BCUT2D eigenvalue weighted by Gasteiger charge is 2.38. The van der Waals surface area contributed by atoms with Gasteiger partial charge in [-0.3, -0.25) is 14.3 Å². The first kappa shape index (κ1) is 16.2. The molecule has 0 aliphatic carbocycles. The minimum atomic E-state index is -4.52. The average Bonchev–Trinajstić information content (AvgIpc) is 2.77. The lowest BCUT2D eigenvalue weighted by Gasteiger charge is -2.20. The Hall–Kier alpha value is -1.86. The molecule has 0 fully saturated rings. The topological polar surface area (TPSA) is 61.2 Å². The number of carbonyl (C=O) groups excluding carboxylic acids is 2. The van der Waals surface area contributed by atoms with Crippen LogP contribution >= 0.6 is 0 Å². The summed E-state index contributed by atoms with van der Waals surface area (Å²) in [6.45, 7) is 4.02. The third-order valence-corrected chi connectivity index (χ3v) is 2.75. The highest BCUT2D eigenvalue weighted by Crippen LogP contribution is 2.28. The lowest BCUT2D eigenvalue weighted by Crippen LogP contribution is -2.37. The number of halogens is 3. The lowest BCUT2D eigenvalue weighted by atomic mass is 9.88. The van der Waals surface area contributed by atoms with Crippen LogP contribution < -0.4 is 0 Å². The molecular weight excluding hydrogens is 277 g/mol. The highest BCUT2D eigenvalue weighted by atomic mass is 19.4. The van der Waals surface area contributed by atoms with Crippen molar-refractivity contribution >= 4 is 11.8 Å². The van der Waals surface area contributed by atoms with Gasteiger partial charge in [-0.25, -0.2) is 0 Å². The zero-order valence-corrected chi connectivity index (χ0v) is 11.3. The van der Waals surface area contributed by atoms with Crippen molar-refractivity contribution in [2.45, 2.75) is 33.5 Å². The van der Waals surface area contributed by atoms with Crippen LogP contribution in [0.1, 0.15) is 26.3 Å². The SMILES string of the molecule is CCOC(=O)C(C)(C)C(=O)Cn1cc(C(F)(F)F)cn1. The predicted octanol–water partition coefficient (Wildman–Crippen LogP) is 2.06. The van der Waals surface area contributed by atoms with E-state index in [1.165, 1.54) is 13.8 Å². The van der Waals surface area contributed by atoms with Crippen molar-refractivity contribution in [3.8, 4) is 0 Å². The van der Waals surface area contributed by atoms with Gasteiger partial charge in [0, 0.05) is 6.20 Å². The number of rotatable bonds is 5. The van der Waals surface area contributed by atoms with E-state index in [2.05, 4.69) is 5.10 Å². The Bertz CT molecular complexity index is 506. The largest absolute Gasteiger partial charge is 0.465 e. The minimum absolute atomic E-state index is 0.121. The molecule has 1 heterocycles. The van der Waals surface area contributed by atoms with Gasteiger partial charge in [-0.15, -0.1) is 0 Å². The number of Topliss-reactive ketones (excluding diaryl/α,β-unsaturated/α-hetero) is 1. The molecule has 20 heavy (non-hydrogen) atoms. The van der Waals surface area contributed by atoms with E-state index in [1.54, 1.807) is 6.92 Å². The molecule has 0 saturated carbocycles. The van der Waals surface area contributed by atoms with E-state index in [9.17, 15) is 22.8 Å². The zero-order chi connectivity index (χ0) is 15.6. The van der Waals surface area contributed by atoms with E-state index in [1.807, 2.05) is 0 Å². The standard InChI is InChI=1S/C12H15F3N2O3/c1-4-20-10(19)11(2,3)9(18)7-17-6-8(5-16-17)12(13,14)15/h5-6H,4,7H2,1-3H3. The van der Waals surface area contributed by atoms with E-state index in [0.717, 1.165) is 10.9 Å². The van der Waals surface area contributed by atoms with Crippen molar-refractivity contribution in [3.05, 3.63) is 18.0 Å². The van der Waals surface area contributed by atoms with Crippen molar-refractivity contribution in [2.24, 2.45) is 5.41 Å². The fourth-order valence-corrected chi connectivity index (χ4v) is 1.37. The Balaban J connectivity index is 2.80. The minimum Gasteiger partial charge on any atom is -0.465 e. The number of nitrogens with zero attached hydrogens (tertiary/aromatic N) is 2. The molecule has 8 heteroatoms. The molecule has 0 N–H and O–H groups in total. The molecule has 0 saturated heterocycles. The average molecular weight is 292 g/mol. The second-order valence-electron chi connectivity index (χ2n) is 4.69. The van der Waals surface area contributed by atoms with Gasteiger partial charge < -0.3 is 4.74 Å². The van der Waals surface area contributed by atoms with Crippen molar-refractivity contribution in [1.82, 2.24) is 9.78 Å². The quantitative estimate of drug-likeness (QED) is 0.615. The molecular formula is C12H15F3N2O3. The molecule has 1 aromatic heterocycles. The van der Waals surface area contributed by atoms with Crippen molar-refractivity contribution in [2.75, 3.05) is 6.61 Å². The number of aromatic nitrogens is 2. The molecule has 0 aromatic carbocycles. The first-order chi connectivity index (χ1) is 9.09. The summed E-state index contributed by atoms with van der Waals surface area (Å²) >= 11 is 0. The number of hydrogen-bond acceptors (Lipinski definition) is 4. The molecule has 0 unspecified atom stereocenters. The summed E-state index contributed by atoms with van der Waals surface area (Å²) in [5.74, 6) is -1.29.